The largest absolute Gasteiger partial charge is 0.230 e. The van der Waals surface area contributed by atoms with Crippen molar-refractivity contribution in [3.8, 4) is 11.1 Å². The van der Waals surface area contributed by atoms with Crippen molar-refractivity contribution in [2.24, 2.45) is 0 Å². The van der Waals surface area contributed by atoms with E-state index in [0.29, 0.717) is 0 Å². The number of unbranched alkanes of at least 4 members (excludes halogenated alkanes) is 14. The minimum Gasteiger partial charge on any atom is -0.150 e. The van der Waals surface area contributed by atoms with Gasteiger partial charge in [-0.05, 0) is 25.2 Å². The first kappa shape index (κ1) is 28.6. The molecule has 166 valence electrons. The van der Waals surface area contributed by atoms with Gasteiger partial charge >= 0.3 is 0 Å². The minimum atomic E-state index is -1.91. The van der Waals surface area contributed by atoms with Crippen molar-refractivity contribution < 1.29 is 0 Å². The molecule has 2 atom stereocenters. The molecule has 0 aromatic carbocycles. The van der Waals surface area contributed by atoms with E-state index in [4.69, 9.17) is 22.2 Å². The highest BCUT2D eigenvalue weighted by molar-refractivity contribution is 7.27. The first-order chi connectivity index (χ1) is 13.3. The normalized spacial score (nSPS) is 15.5. The number of hydrogen-bond donors (Lipinski definition) is 0. The molecule has 0 saturated carbocycles. The molecule has 0 fully saturated rings. The Labute approximate surface area is 189 Å². The maximum atomic E-state index is 6.80. The smallest absolute Gasteiger partial charge is 0.150 e. The van der Waals surface area contributed by atoms with Gasteiger partial charge in [0, 0.05) is 0 Å². The van der Waals surface area contributed by atoms with Gasteiger partial charge < -0.3 is 0 Å². The highest BCUT2D eigenvalue weighted by Gasteiger charge is 2.25. The Hall–Kier alpha value is 0.574. The van der Waals surface area contributed by atoms with Gasteiger partial charge in [0.05, 0.1) is 0 Å². The van der Waals surface area contributed by atoms with Crippen LogP contribution in [0.2, 0.25) is 25.2 Å². The third-order valence-electron chi connectivity index (χ3n) is 5.58. The molecule has 0 amide bonds. The molecule has 0 spiro atoms. The van der Waals surface area contributed by atoms with Crippen LogP contribution in [-0.4, -0.2) is 14.8 Å². The second-order valence-electron chi connectivity index (χ2n) is 9.09. The summed E-state index contributed by atoms with van der Waals surface area (Å²) < 4.78 is 0. The van der Waals surface area contributed by atoms with Crippen LogP contribution in [0.5, 0.6) is 0 Å². The topological polar surface area (TPSA) is 0 Å². The average Bonchev–Trinajstić information content (AvgIpc) is 2.65. The van der Waals surface area contributed by atoms with Gasteiger partial charge in [-0.1, -0.05) is 117 Å². The monoisotopic (exact) mass is 462 g/mol. The van der Waals surface area contributed by atoms with Crippen LogP contribution in [0.4, 0.5) is 0 Å². The number of hydrogen-bond acceptors (Lipinski definition) is 0. The van der Waals surface area contributed by atoms with Crippen LogP contribution in [0.3, 0.4) is 0 Å². The molecule has 0 rings (SSSR count). The van der Waals surface area contributed by atoms with Gasteiger partial charge in [-0.2, -0.15) is 22.2 Å². The van der Waals surface area contributed by atoms with E-state index in [1.807, 2.05) is 0 Å². The Morgan fingerprint density at radius 3 is 1.00 bits per heavy atom. The lowest BCUT2D eigenvalue weighted by Crippen LogP contribution is -2.25. The van der Waals surface area contributed by atoms with Gasteiger partial charge in [0.2, 0.25) is 14.8 Å². The quantitative estimate of drug-likeness (QED) is 0.0821. The number of rotatable bonds is 18. The first-order valence-electron chi connectivity index (χ1n) is 12.2. The fourth-order valence-electron chi connectivity index (χ4n) is 3.57. The zero-order chi connectivity index (χ0) is 21.1. The van der Waals surface area contributed by atoms with E-state index in [2.05, 4.69) is 38.0 Å². The summed E-state index contributed by atoms with van der Waals surface area (Å²) in [6, 6.07) is 2.24. The molecule has 0 aliphatic carbocycles. The highest BCUT2D eigenvalue weighted by Crippen LogP contribution is 2.23. The third kappa shape index (κ3) is 19.9. The molecular formula is C24H48Cl2Si2. The summed E-state index contributed by atoms with van der Waals surface area (Å²) in [5.41, 5.74) is 6.95. The van der Waals surface area contributed by atoms with E-state index in [1.165, 1.54) is 103 Å². The first-order valence-corrected chi connectivity index (χ1v) is 19.7. The van der Waals surface area contributed by atoms with Crippen molar-refractivity contribution in [3.05, 3.63) is 0 Å². The summed E-state index contributed by atoms with van der Waals surface area (Å²) >= 11 is 13.6. The van der Waals surface area contributed by atoms with Gasteiger partial charge in [-0.15, -0.1) is 11.1 Å². The summed E-state index contributed by atoms with van der Waals surface area (Å²) in [7, 11) is -3.81. The number of halogens is 2. The molecule has 0 N–H and O–H groups in total. The van der Waals surface area contributed by atoms with Crippen molar-refractivity contribution >= 4 is 36.9 Å². The van der Waals surface area contributed by atoms with Gasteiger partial charge in [-0.25, -0.2) is 0 Å². The van der Waals surface area contributed by atoms with Crippen molar-refractivity contribution in [1.82, 2.24) is 0 Å². The summed E-state index contributed by atoms with van der Waals surface area (Å²) in [5, 5.41) is 0. The maximum absolute atomic E-state index is 6.80. The summed E-state index contributed by atoms with van der Waals surface area (Å²) in [6.45, 7) is 8.97. The summed E-state index contributed by atoms with van der Waals surface area (Å²) in [5.74, 6) is 0. The van der Waals surface area contributed by atoms with E-state index in [1.54, 1.807) is 0 Å². The van der Waals surface area contributed by atoms with E-state index < -0.39 is 14.8 Å². The van der Waals surface area contributed by atoms with Crippen LogP contribution in [0.1, 0.15) is 117 Å². The van der Waals surface area contributed by atoms with Crippen LogP contribution in [0, 0.1) is 11.1 Å². The van der Waals surface area contributed by atoms with Gasteiger partial charge in [0.15, 0.2) is 0 Å². The minimum absolute atomic E-state index is 1.12. The Morgan fingerprint density at radius 1 is 0.464 bits per heavy atom. The van der Waals surface area contributed by atoms with Crippen molar-refractivity contribution in [1.29, 1.82) is 0 Å². The molecule has 0 saturated heterocycles. The van der Waals surface area contributed by atoms with Gasteiger partial charge in [0.25, 0.3) is 0 Å². The van der Waals surface area contributed by atoms with Crippen LogP contribution < -0.4 is 0 Å². The molecule has 0 heterocycles. The second kappa shape index (κ2) is 18.4. The molecule has 2 unspecified atom stereocenters. The van der Waals surface area contributed by atoms with E-state index in [9.17, 15) is 0 Å². The zero-order valence-electron chi connectivity index (χ0n) is 19.5. The summed E-state index contributed by atoms with van der Waals surface area (Å²) in [6.07, 6.45) is 21.7. The van der Waals surface area contributed by atoms with Gasteiger partial charge in [0.1, 0.15) is 0 Å². The molecular weight excluding hydrogens is 415 g/mol. The van der Waals surface area contributed by atoms with Crippen molar-refractivity contribution in [2.45, 2.75) is 142 Å². The molecule has 0 aliphatic rings. The molecule has 0 aromatic rings. The van der Waals surface area contributed by atoms with Crippen LogP contribution >= 0.6 is 22.2 Å². The SMILES string of the molecule is CCCCCCCCCC[Si](C)(Cl)C#C[Si](C)(Cl)CCCCCCCCCC. The molecule has 0 aromatic heterocycles. The lowest BCUT2D eigenvalue weighted by molar-refractivity contribution is 0.584. The van der Waals surface area contributed by atoms with Crippen LogP contribution in [0.25, 0.3) is 0 Å². The van der Waals surface area contributed by atoms with E-state index in [-0.39, 0.29) is 0 Å². The summed E-state index contributed by atoms with van der Waals surface area (Å²) in [4.78, 5) is 0. The molecule has 28 heavy (non-hydrogen) atoms. The predicted molar refractivity (Wildman–Crippen MR) is 138 cm³/mol. The fourth-order valence-corrected chi connectivity index (χ4v) is 9.38. The Bertz CT molecular complexity index is 375. The Kier molecular flexibility index (Phi) is 18.7. The van der Waals surface area contributed by atoms with E-state index >= 15 is 0 Å². The lowest BCUT2D eigenvalue weighted by atomic mass is 10.1. The molecule has 0 nitrogen and oxygen atoms in total. The Morgan fingerprint density at radius 2 is 0.714 bits per heavy atom. The van der Waals surface area contributed by atoms with Gasteiger partial charge in [-0.3, -0.25) is 0 Å². The Balaban J connectivity index is 3.88. The molecule has 4 heteroatoms. The average molecular weight is 464 g/mol. The molecule has 0 aliphatic heterocycles. The lowest BCUT2D eigenvalue weighted by Gasteiger charge is -2.15. The predicted octanol–water partition coefficient (Wildman–Crippen LogP) is 9.98. The van der Waals surface area contributed by atoms with Crippen LogP contribution in [-0.2, 0) is 0 Å². The third-order valence-corrected chi connectivity index (χ3v) is 11.4. The van der Waals surface area contributed by atoms with Crippen LogP contribution in [0.15, 0.2) is 0 Å². The highest BCUT2D eigenvalue weighted by atomic mass is 35.6. The fraction of sp³-hybridized carbons (Fsp3) is 0.917. The van der Waals surface area contributed by atoms with Crippen molar-refractivity contribution in [3.63, 3.8) is 0 Å². The standard InChI is InChI=1S/C24H48Cl2Si2/c1-5-7-9-11-13-15-17-19-21-27(3,25)23-24-28(4,26)22-20-18-16-14-12-10-8-6-2/h5-22H2,1-4H3. The maximum Gasteiger partial charge on any atom is 0.230 e. The van der Waals surface area contributed by atoms with E-state index in [0.717, 1.165) is 12.1 Å². The van der Waals surface area contributed by atoms with Crippen molar-refractivity contribution in [2.75, 3.05) is 0 Å². The molecule has 0 bridgehead atoms. The second-order valence-corrected chi connectivity index (χ2v) is 20.4. The molecule has 0 radical (unpaired) electrons. The zero-order valence-corrected chi connectivity index (χ0v) is 23.0.